The maximum absolute atomic E-state index is 11.1. The summed E-state index contributed by atoms with van der Waals surface area (Å²) >= 11 is 0. The van der Waals surface area contributed by atoms with E-state index in [1.165, 1.54) is 18.0 Å². The van der Waals surface area contributed by atoms with Crippen LogP contribution in [0.1, 0.15) is 12.6 Å². The fourth-order valence-electron chi connectivity index (χ4n) is 1.05. The average molecular weight is 239 g/mol. The van der Waals surface area contributed by atoms with E-state index in [0.717, 1.165) is 0 Å². The predicted octanol–water partition coefficient (Wildman–Crippen LogP) is 0.977. The minimum absolute atomic E-state index is 0.0165. The summed E-state index contributed by atoms with van der Waals surface area (Å²) in [5.41, 5.74) is 0.337. The highest BCUT2D eigenvalue weighted by Gasteiger charge is 2.19. The zero-order valence-electron chi connectivity index (χ0n) is 7.90. The average Bonchev–Trinajstić information content (AvgIpc) is 2.48. The van der Waals surface area contributed by atoms with Gasteiger partial charge in [0.15, 0.2) is 0 Å². The molecule has 0 saturated carbocycles. The Morgan fingerprint density at radius 2 is 2.29 bits per heavy atom. The third-order valence-electron chi connectivity index (χ3n) is 1.67. The van der Waals surface area contributed by atoms with Crippen molar-refractivity contribution in [2.75, 3.05) is 7.11 Å². The summed E-state index contributed by atoms with van der Waals surface area (Å²) in [6, 6.07) is 0. The number of hydrogen-bond donors (Lipinski definition) is 0. The van der Waals surface area contributed by atoms with Gasteiger partial charge in [0.25, 0.3) is 9.05 Å². The van der Waals surface area contributed by atoms with Gasteiger partial charge in [-0.15, -0.1) is 0 Å². The lowest BCUT2D eigenvalue weighted by atomic mass is 10.5. The SMILES string of the molecule is CCn1cc(S(=O)(=O)Cl)c(COC)n1. The first-order chi connectivity index (χ1) is 6.49. The molecule has 0 aliphatic carbocycles. The van der Waals surface area contributed by atoms with Gasteiger partial charge in [0.1, 0.15) is 10.6 Å². The Hall–Kier alpha value is -0.590. The van der Waals surface area contributed by atoms with Gasteiger partial charge in [-0.1, -0.05) is 0 Å². The smallest absolute Gasteiger partial charge is 0.264 e. The van der Waals surface area contributed by atoms with Gasteiger partial charge < -0.3 is 4.74 Å². The quantitative estimate of drug-likeness (QED) is 0.734. The van der Waals surface area contributed by atoms with Crippen molar-refractivity contribution in [2.45, 2.75) is 25.0 Å². The van der Waals surface area contributed by atoms with E-state index < -0.39 is 9.05 Å². The van der Waals surface area contributed by atoms with Crippen LogP contribution in [0.25, 0.3) is 0 Å². The van der Waals surface area contributed by atoms with Crippen LogP contribution >= 0.6 is 10.7 Å². The predicted molar refractivity (Wildman–Crippen MR) is 51.7 cm³/mol. The number of rotatable bonds is 4. The van der Waals surface area contributed by atoms with Crippen LogP contribution in [0.15, 0.2) is 11.1 Å². The summed E-state index contributed by atoms with van der Waals surface area (Å²) in [6.07, 6.45) is 1.40. The van der Waals surface area contributed by atoms with E-state index in [0.29, 0.717) is 12.2 Å². The zero-order chi connectivity index (χ0) is 10.8. The summed E-state index contributed by atoms with van der Waals surface area (Å²) in [4.78, 5) is 0.0165. The largest absolute Gasteiger partial charge is 0.378 e. The van der Waals surface area contributed by atoms with Crippen LogP contribution in [0.2, 0.25) is 0 Å². The van der Waals surface area contributed by atoms with E-state index in [9.17, 15) is 8.42 Å². The van der Waals surface area contributed by atoms with Gasteiger partial charge >= 0.3 is 0 Å². The minimum Gasteiger partial charge on any atom is -0.378 e. The van der Waals surface area contributed by atoms with Crippen LogP contribution in [-0.2, 0) is 26.9 Å². The van der Waals surface area contributed by atoms with Gasteiger partial charge in [-0.25, -0.2) is 8.42 Å². The first-order valence-electron chi connectivity index (χ1n) is 3.99. The standard InChI is InChI=1S/C7H11ClN2O3S/c1-3-10-4-7(14(8,11)12)6(9-10)5-13-2/h4H,3,5H2,1-2H3. The van der Waals surface area contributed by atoms with Crippen molar-refractivity contribution in [3.8, 4) is 0 Å². The lowest BCUT2D eigenvalue weighted by Gasteiger charge is -1.95. The molecule has 0 fully saturated rings. The van der Waals surface area contributed by atoms with Gasteiger partial charge in [0.05, 0.1) is 6.61 Å². The van der Waals surface area contributed by atoms with E-state index in [2.05, 4.69) is 5.10 Å². The van der Waals surface area contributed by atoms with Crippen LogP contribution in [-0.4, -0.2) is 25.3 Å². The number of nitrogens with zero attached hydrogens (tertiary/aromatic N) is 2. The molecule has 0 aromatic carbocycles. The van der Waals surface area contributed by atoms with Crippen molar-refractivity contribution < 1.29 is 13.2 Å². The molecule has 5 nitrogen and oxygen atoms in total. The van der Waals surface area contributed by atoms with Gasteiger partial charge in [-0.05, 0) is 6.92 Å². The van der Waals surface area contributed by atoms with Crippen LogP contribution < -0.4 is 0 Å². The number of methoxy groups -OCH3 is 1. The second-order valence-electron chi connectivity index (χ2n) is 2.67. The van der Waals surface area contributed by atoms with Crippen molar-refractivity contribution in [1.29, 1.82) is 0 Å². The van der Waals surface area contributed by atoms with Crippen LogP contribution in [0.3, 0.4) is 0 Å². The van der Waals surface area contributed by atoms with Crippen molar-refractivity contribution in [3.05, 3.63) is 11.9 Å². The molecule has 7 heteroatoms. The van der Waals surface area contributed by atoms with Gasteiger partial charge in [0, 0.05) is 30.5 Å². The van der Waals surface area contributed by atoms with Crippen molar-refractivity contribution in [2.24, 2.45) is 0 Å². The Kier molecular flexibility index (Phi) is 3.52. The monoisotopic (exact) mass is 238 g/mol. The van der Waals surface area contributed by atoms with Crippen LogP contribution in [0.4, 0.5) is 0 Å². The molecule has 80 valence electrons. The molecule has 0 spiro atoms. The normalized spacial score (nSPS) is 11.9. The van der Waals surface area contributed by atoms with E-state index in [4.69, 9.17) is 15.4 Å². The lowest BCUT2D eigenvalue weighted by Crippen LogP contribution is -1.98. The molecule has 0 radical (unpaired) electrons. The minimum atomic E-state index is -3.74. The lowest BCUT2D eigenvalue weighted by molar-refractivity contribution is 0.178. The van der Waals surface area contributed by atoms with E-state index in [1.54, 1.807) is 0 Å². The highest BCUT2D eigenvalue weighted by molar-refractivity contribution is 8.13. The van der Waals surface area contributed by atoms with E-state index in [1.807, 2.05) is 6.92 Å². The summed E-state index contributed by atoms with van der Waals surface area (Å²) in [5, 5.41) is 4.01. The molecule has 0 aliphatic rings. The Bertz CT molecular complexity index is 413. The molecule has 14 heavy (non-hydrogen) atoms. The molecule has 0 amide bonds. The Labute approximate surface area is 87.0 Å². The fraction of sp³-hybridized carbons (Fsp3) is 0.571. The molecule has 1 aromatic heterocycles. The number of hydrogen-bond acceptors (Lipinski definition) is 4. The Morgan fingerprint density at radius 1 is 1.64 bits per heavy atom. The third kappa shape index (κ3) is 2.46. The van der Waals surface area contributed by atoms with Gasteiger partial charge in [-0.3, -0.25) is 4.68 Å². The first kappa shape index (κ1) is 11.5. The molecule has 0 bridgehead atoms. The Morgan fingerprint density at radius 3 is 2.71 bits per heavy atom. The number of aromatic nitrogens is 2. The molecular weight excluding hydrogens is 228 g/mol. The maximum atomic E-state index is 11.1. The molecule has 1 aromatic rings. The summed E-state index contributed by atoms with van der Waals surface area (Å²) in [6.45, 7) is 2.58. The summed E-state index contributed by atoms with van der Waals surface area (Å²) in [5.74, 6) is 0. The molecule has 0 saturated heterocycles. The van der Waals surface area contributed by atoms with Gasteiger partial charge in [-0.2, -0.15) is 5.10 Å². The molecule has 1 heterocycles. The molecule has 1 rings (SSSR count). The highest BCUT2D eigenvalue weighted by Crippen LogP contribution is 2.19. The Balaban J connectivity index is 3.19. The van der Waals surface area contributed by atoms with Crippen LogP contribution in [0.5, 0.6) is 0 Å². The van der Waals surface area contributed by atoms with Crippen LogP contribution in [0, 0.1) is 0 Å². The topological polar surface area (TPSA) is 61.2 Å². The van der Waals surface area contributed by atoms with Crippen molar-refractivity contribution >= 4 is 19.7 Å². The van der Waals surface area contributed by atoms with Crippen molar-refractivity contribution in [1.82, 2.24) is 9.78 Å². The first-order valence-corrected chi connectivity index (χ1v) is 6.30. The van der Waals surface area contributed by atoms with Crippen molar-refractivity contribution in [3.63, 3.8) is 0 Å². The molecule has 0 unspecified atom stereocenters. The fourth-order valence-corrected chi connectivity index (χ4v) is 2.06. The zero-order valence-corrected chi connectivity index (χ0v) is 9.47. The third-order valence-corrected chi connectivity index (χ3v) is 3.03. The second-order valence-corrected chi connectivity index (χ2v) is 5.20. The second kappa shape index (κ2) is 4.29. The maximum Gasteiger partial charge on any atom is 0.264 e. The summed E-state index contributed by atoms with van der Waals surface area (Å²) < 4.78 is 28.6. The van der Waals surface area contributed by atoms with E-state index in [-0.39, 0.29) is 11.5 Å². The molecular formula is C7H11ClN2O3S. The number of ether oxygens (including phenoxy) is 1. The molecule has 0 atom stereocenters. The molecule has 0 N–H and O–H groups in total. The van der Waals surface area contributed by atoms with E-state index >= 15 is 0 Å². The van der Waals surface area contributed by atoms with Gasteiger partial charge in [0.2, 0.25) is 0 Å². The number of halogens is 1. The summed E-state index contributed by atoms with van der Waals surface area (Å²) in [7, 11) is 2.96. The molecule has 0 aliphatic heterocycles. The number of aryl methyl sites for hydroxylation is 1. The highest BCUT2D eigenvalue weighted by atomic mass is 35.7.